The molecule has 8 heterocycles. The number of benzene rings is 2. The summed E-state index contributed by atoms with van der Waals surface area (Å²) in [5.41, 5.74) is 3.12. The molecule has 4 aliphatic heterocycles. The van der Waals surface area contributed by atoms with Crippen LogP contribution in [0.15, 0.2) is 60.7 Å². The van der Waals surface area contributed by atoms with Gasteiger partial charge in [-0.1, -0.05) is 86.7 Å². The number of hydrogen-bond donors (Lipinski definition) is 3. The second kappa shape index (κ2) is 26.5. The largest absolute Gasteiger partial charge is 0.379 e. The zero-order valence-electron chi connectivity index (χ0n) is 41.5. The Morgan fingerprint density at radius 1 is 0.610 bits per heavy atom. The van der Waals surface area contributed by atoms with Gasteiger partial charge in [0.25, 0.3) is 11.8 Å². The van der Waals surface area contributed by atoms with Gasteiger partial charge >= 0.3 is 0 Å². The average Bonchev–Trinajstić information content (AvgIpc) is 4.03. The molecule has 0 saturated carbocycles. The number of halogens is 5. The van der Waals surface area contributed by atoms with Gasteiger partial charge in [-0.25, -0.2) is 31.3 Å². The number of ether oxygens (including phenoxy) is 2. The van der Waals surface area contributed by atoms with E-state index >= 15 is 0 Å². The van der Waals surface area contributed by atoms with Crippen LogP contribution in [0, 0.1) is 11.8 Å². The number of likely N-dealkylation sites (tertiary alicyclic amines) is 2. The molecule has 27 heteroatoms. The highest BCUT2D eigenvalue weighted by atomic mass is 35.5. The monoisotopic (exact) mass is 1200 g/mol. The molecule has 420 valence electrons. The molecule has 4 aromatic heterocycles. The first kappa shape index (κ1) is 61.5. The SMILES string of the molecule is C.C.C1COCCN1.C[C@H]1CC[C@@H](c2cc3nc(Cl)cc(Cl)n3n2)N(C(=O)c2cc(Cl)ccc2NS(C)(=O)=O)C1.C[C@H]1CC[C@@H](c2cc3nc(Cl)cc(N4CCOCC4)n3n2)N(C(=O)c2cc(Cl)ccc2NS(C)(=O)=O)C1. The van der Waals surface area contributed by atoms with Crippen LogP contribution in [-0.4, -0.2) is 146 Å². The fourth-order valence-corrected chi connectivity index (χ4v) is 11.5. The molecule has 0 aliphatic carbocycles. The number of piperidine rings is 2. The van der Waals surface area contributed by atoms with Crippen molar-refractivity contribution in [3.63, 3.8) is 0 Å². The lowest BCUT2D eigenvalue weighted by Crippen LogP contribution is -2.42. The van der Waals surface area contributed by atoms with Gasteiger partial charge in [-0.3, -0.25) is 19.0 Å². The van der Waals surface area contributed by atoms with Gasteiger partial charge in [-0.2, -0.15) is 14.7 Å². The fourth-order valence-electron chi connectivity index (χ4n) is 9.38. The van der Waals surface area contributed by atoms with Crippen LogP contribution in [0.5, 0.6) is 0 Å². The van der Waals surface area contributed by atoms with Crippen molar-refractivity contribution in [3.05, 3.63) is 109 Å². The fraction of sp³-hybridized carbons (Fsp3) is 0.480. The van der Waals surface area contributed by atoms with Crippen LogP contribution < -0.4 is 19.7 Å². The Morgan fingerprint density at radius 3 is 1.49 bits per heavy atom. The molecule has 4 atom stereocenters. The summed E-state index contributed by atoms with van der Waals surface area (Å²) in [6, 6.07) is 15.3. The number of rotatable bonds is 9. The van der Waals surface area contributed by atoms with E-state index in [2.05, 4.69) is 48.6 Å². The molecular formula is C50H65Cl5N12O8S2. The Hall–Kier alpha value is -4.75. The molecule has 4 fully saturated rings. The van der Waals surface area contributed by atoms with E-state index in [1.165, 1.54) is 40.9 Å². The van der Waals surface area contributed by atoms with Crippen LogP contribution >= 0.6 is 58.0 Å². The number of nitrogens with zero attached hydrogens (tertiary/aromatic N) is 9. The van der Waals surface area contributed by atoms with E-state index in [9.17, 15) is 26.4 Å². The van der Waals surface area contributed by atoms with Crippen LogP contribution in [0.1, 0.15) is 98.6 Å². The summed E-state index contributed by atoms with van der Waals surface area (Å²) < 4.78 is 66.1. The Balaban J connectivity index is 0.000000221. The second-order valence-corrected chi connectivity index (χ2v) is 24.5. The number of carbonyl (C=O) groups is 2. The smallest absolute Gasteiger partial charge is 0.256 e. The maximum absolute atomic E-state index is 13.9. The lowest BCUT2D eigenvalue weighted by Gasteiger charge is -2.38. The van der Waals surface area contributed by atoms with Crippen molar-refractivity contribution in [2.75, 3.05) is 92.6 Å². The van der Waals surface area contributed by atoms with Crippen LogP contribution in [-0.2, 0) is 29.5 Å². The predicted molar refractivity (Wildman–Crippen MR) is 305 cm³/mol. The van der Waals surface area contributed by atoms with Gasteiger partial charge in [0.1, 0.15) is 21.3 Å². The van der Waals surface area contributed by atoms with Crippen molar-refractivity contribution in [1.29, 1.82) is 0 Å². The van der Waals surface area contributed by atoms with Crippen molar-refractivity contribution in [2.24, 2.45) is 11.8 Å². The molecule has 6 aromatic rings. The molecule has 4 aliphatic rings. The number of aromatic nitrogens is 6. The van der Waals surface area contributed by atoms with Crippen molar-refractivity contribution >= 4 is 118 Å². The number of anilines is 3. The van der Waals surface area contributed by atoms with E-state index < -0.39 is 20.0 Å². The first-order valence-electron chi connectivity index (χ1n) is 24.2. The van der Waals surface area contributed by atoms with E-state index in [0.717, 1.165) is 57.5 Å². The molecule has 0 radical (unpaired) electrons. The lowest BCUT2D eigenvalue weighted by atomic mass is 9.91. The van der Waals surface area contributed by atoms with Crippen LogP contribution in [0.2, 0.25) is 25.5 Å². The molecule has 0 spiro atoms. The Morgan fingerprint density at radius 2 is 1.05 bits per heavy atom. The predicted octanol–water partition coefficient (Wildman–Crippen LogP) is 9.41. The number of carbonyl (C=O) groups excluding carboxylic acids is 2. The standard InChI is InChI=1S/C24H28Cl2N6O4S.C20H20Cl3N5O3S.C4H9NO.2CH4/c1-15-3-6-20(31(14-15)24(33)17-11-16(25)4-5-18(17)29-37(2,34)35)19-12-22-27-21(26)13-23(32(22)28-19)30-7-9-36-10-8-30;1-11-3-6-16(15-8-19-24-17(22)9-18(23)28(19)25-15)27(10-11)20(29)13-7-12(21)4-5-14(13)26-32(2,30)31;1-3-6-4-2-5-1;;/h4-5,11-13,15,20,29H,3,6-10,14H2,1-2H3;4-5,7-9,11,16,26H,3,6,10H2,1-2H3;5H,1-4H2;2*1H4/t15-,20-;11-,16-;;;/m00.../s1. The highest BCUT2D eigenvalue weighted by Crippen LogP contribution is 2.38. The number of nitrogens with one attached hydrogen (secondary N) is 3. The molecule has 0 bridgehead atoms. The average molecular weight is 1200 g/mol. The number of hydrogen-bond acceptors (Lipinski definition) is 14. The normalized spacial score (nSPS) is 19.9. The molecule has 2 aromatic carbocycles. The summed E-state index contributed by atoms with van der Waals surface area (Å²) in [5, 5.41) is 14.2. The molecule has 2 amide bonds. The first-order chi connectivity index (χ1) is 35.6. The molecule has 0 unspecified atom stereocenters. The molecule has 4 saturated heterocycles. The quantitative estimate of drug-likeness (QED) is 0.115. The Bertz CT molecular complexity index is 3280. The van der Waals surface area contributed by atoms with Crippen LogP contribution in [0.3, 0.4) is 0 Å². The number of fused-ring (bicyclic) bond motifs is 2. The van der Waals surface area contributed by atoms with Gasteiger partial charge in [-0.05, 0) is 73.9 Å². The minimum Gasteiger partial charge on any atom is -0.379 e. The molecule has 77 heavy (non-hydrogen) atoms. The number of sulfonamides is 2. The third-order valence-corrected chi connectivity index (χ3v) is 15.1. The van der Waals surface area contributed by atoms with E-state index in [0.29, 0.717) is 95.3 Å². The summed E-state index contributed by atoms with van der Waals surface area (Å²) in [5.74, 6) is 0.681. The highest BCUT2D eigenvalue weighted by molar-refractivity contribution is 7.92. The minimum atomic E-state index is -3.60. The zero-order chi connectivity index (χ0) is 53.8. The topological polar surface area (TPSA) is 227 Å². The zero-order valence-corrected chi connectivity index (χ0v) is 46.9. The van der Waals surface area contributed by atoms with E-state index in [4.69, 9.17) is 72.6 Å². The Kier molecular flexibility index (Phi) is 21.1. The third-order valence-electron chi connectivity index (χ3n) is 12.8. The summed E-state index contributed by atoms with van der Waals surface area (Å²) in [6.45, 7) is 11.6. The van der Waals surface area contributed by atoms with Gasteiger partial charge < -0.3 is 29.5 Å². The molecule has 10 rings (SSSR count). The first-order valence-corrected chi connectivity index (χ1v) is 29.8. The summed E-state index contributed by atoms with van der Waals surface area (Å²) in [4.78, 5) is 41.9. The highest BCUT2D eigenvalue weighted by Gasteiger charge is 2.37. The molecular weight excluding hydrogens is 1140 g/mol. The summed E-state index contributed by atoms with van der Waals surface area (Å²) in [7, 11) is -7.20. The lowest BCUT2D eigenvalue weighted by molar-refractivity contribution is 0.0532. The van der Waals surface area contributed by atoms with E-state index in [1.54, 1.807) is 32.5 Å². The van der Waals surface area contributed by atoms with Gasteiger partial charge in [0.15, 0.2) is 11.3 Å². The van der Waals surface area contributed by atoms with E-state index in [1.807, 2.05) is 6.07 Å². The van der Waals surface area contributed by atoms with Crippen molar-refractivity contribution in [3.8, 4) is 0 Å². The van der Waals surface area contributed by atoms with Gasteiger partial charge in [0.2, 0.25) is 20.0 Å². The number of morpholine rings is 2. The maximum atomic E-state index is 13.9. The third kappa shape index (κ3) is 15.8. The molecule has 20 nitrogen and oxygen atoms in total. The van der Waals surface area contributed by atoms with Crippen molar-refractivity contribution in [2.45, 2.75) is 66.5 Å². The maximum Gasteiger partial charge on any atom is 0.256 e. The Labute approximate surface area is 475 Å². The van der Waals surface area contributed by atoms with Gasteiger partial charge in [0.05, 0.1) is 84.9 Å². The minimum absolute atomic E-state index is 0. The number of amides is 2. The summed E-state index contributed by atoms with van der Waals surface area (Å²) >= 11 is 31.0. The van der Waals surface area contributed by atoms with Crippen molar-refractivity contribution in [1.82, 2.24) is 44.3 Å². The van der Waals surface area contributed by atoms with Crippen molar-refractivity contribution < 1.29 is 35.9 Å². The van der Waals surface area contributed by atoms with Gasteiger partial charge in [-0.15, -0.1) is 0 Å². The van der Waals surface area contributed by atoms with Gasteiger partial charge in [0, 0.05) is 73.6 Å². The second-order valence-electron chi connectivity index (χ2n) is 18.9. The van der Waals surface area contributed by atoms with Crippen LogP contribution in [0.4, 0.5) is 17.2 Å². The van der Waals surface area contributed by atoms with Crippen LogP contribution in [0.25, 0.3) is 11.3 Å². The van der Waals surface area contributed by atoms with E-state index in [-0.39, 0.29) is 78.2 Å². The summed E-state index contributed by atoms with van der Waals surface area (Å²) in [6.07, 6.45) is 5.26. The molecule has 3 N–H and O–H groups in total.